The molecule has 0 fully saturated rings. The fourth-order valence-electron chi connectivity index (χ4n) is 2.06. The summed E-state index contributed by atoms with van der Waals surface area (Å²) in [5, 5.41) is 0.669. The van der Waals surface area contributed by atoms with Gasteiger partial charge in [0.15, 0.2) is 0 Å². The van der Waals surface area contributed by atoms with Gasteiger partial charge in [-0.2, -0.15) is 0 Å². The molecule has 0 unspecified atom stereocenters. The van der Waals surface area contributed by atoms with Crippen LogP contribution < -0.4 is 5.73 Å². The maximum absolute atomic E-state index is 5.96. The van der Waals surface area contributed by atoms with Gasteiger partial charge in [-0.05, 0) is 36.8 Å². The van der Waals surface area contributed by atoms with Crippen molar-refractivity contribution in [2.45, 2.75) is 13.0 Å². The van der Waals surface area contributed by atoms with Gasteiger partial charge in [-0.1, -0.05) is 23.2 Å². The van der Waals surface area contributed by atoms with Crippen LogP contribution in [0.15, 0.2) is 30.3 Å². The molecule has 0 aliphatic carbocycles. The molecular formula is C13H11Cl2N3S. The Morgan fingerprint density at radius 2 is 2.05 bits per heavy atom. The number of nitrogens with two attached hydrogens (primary N) is 1. The van der Waals surface area contributed by atoms with E-state index >= 15 is 0 Å². The molecule has 98 valence electrons. The topological polar surface area (TPSA) is 43.8 Å². The molecule has 0 saturated heterocycles. The Morgan fingerprint density at radius 1 is 1.21 bits per heavy atom. The molecule has 0 aliphatic heterocycles. The third kappa shape index (κ3) is 2.56. The first-order valence-corrected chi connectivity index (χ1v) is 7.36. The predicted molar refractivity (Wildman–Crippen MR) is 82.2 cm³/mol. The van der Waals surface area contributed by atoms with E-state index in [2.05, 4.69) is 4.98 Å². The van der Waals surface area contributed by atoms with Crippen molar-refractivity contribution in [2.75, 3.05) is 5.73 Å². The average Bonchev–Trinajstić information content (AvgIpc) is 2.89. The second-order valence-electron chi connectivity index (χ2n) is 4.21. The number of benzene rings is 1. The molecule has 19 heavy (non-hydrogen) atoms. The van der Waals surface area contributed by atoms with Gasteiger partial charge in [0.05, 0.1) is 15.4 Å². The maximum atomic E-state index is 5.96. The Labute approximate surface area is 124 Å². The van der Waals surface area contributed by atoms with Crippen LogP contribution >= 0.6 is 34.5 Å². The summed E-state index contributed by atoms with van der Waals surface area (Å²) in [5.74, 6) is 0.514. The van der Waals surface area contributed by atoms with E-state index in [0.717, 1.165) is 28.3 Å². The standard InChI is InChI=1S/C13H11Cl2N3S/c14-8-1-3-11-10(7-8)17-13(16)18(11)6-5-9-2-4-12(15)19-9/h1-4,7H,5-6H2,(H2,16,17). The fourth-order valence-corrected chi connectivity index (χ4v) is 3.31. The highest BCUT2D eigenvalue weighted by atomic mass is 35.5. The fraction of sp³-hybridized carbons (Fsp3) is 0.154. The molecule has 0 amide bonds. The monoisotopic (exact) mass is 311 g/mol. The van der Waals surface area contributed by atoms with Crippen LogP contribution in [0.25, 0.3) is 11.0 Å². The minimum absolute atomic E-state index is 0.514. The van der Waals surface area contributed by atoms with Crippen LogP contribution in [0.5, 0.6) is 0 Å². The van der Waals surface area contributed by atoms with Gasteiger partial charge in [0.1, 0.15) is 0 Å². The molecule has 0 atom stereocenters. The average molecular weight is 312 g/mol. The number of thiophene rings is 1. The zero-order valence-electron chi connectivity index (χ0n) is 9.94. The van der Waals surface area contributed by atoms with Crippen LogP contribution in [0, 0.1) is 0 Å². The summed E-state index contributed by atoms with van der Waals surface area (Å²) in [6.07, 6.45) is 0.885. The molecule has 6 heteroatoms. The predicted octanol–water partition coefficient (Wildman–Crippen LogP) is 4.23. The molecule has 2 heterocycles. The summed E-state index contributed by atoms with van der Waals surface area (Å²) in [6.45, 7) is 0.779. The van der Waals surface area contributed by atoms with Crippen LogP contribution in [-0.4, -0.2) is 9.55 Å². The number of nitrogens with zero attached hydrogens (tertiary/aromatic N) is 2. The van der Waals surface area contributed by atoms with Gasteiger partial charge >= 0.3 is 0 Å². The summed E-state index contributed by atoms with van der Waals surface area (Å²) in [5.41, 5.74) is 7.79. The summed E-state index contributed by atoms with van der Waals surface area (Å²) < 4.78 is 2.81. The second-order valence-corrected chi connectivity index (χ2v) is 6.45. The molecule has 2 N–H and O–H groups in total. The zero-order chi connectivity index (χ0) is 13.4. The highest BCUT2D eigenvalue weighted by Crippen LogP contribution is 2.25. The van der Waals surface area contributed by atoms with E-state index in [-0.39, 0.29) is 0 Å². The molecule has 0 saturated carbocycles. The Hall–Kier alpha value is -1.23. The van der Waals surface area contributed by atoms with E-state index in [9.17, 15) is 0 Å². The molecule has 2 aromatic heterocycles. The van der Waals surface area contributed by atoms with Gasteiger partial charge in [-0.25, -0.2) is 4.98 Å². The van der Waals surface area contributed by atoms with Crippen molar-refractivity contribution < 1.29 is 0 Å². The molecule has 3 nitrogen and oxygen atoms in total. The highest BCUT2D eigenvalue weighted by molar-refractivity contribution is 7.16. The van der Waals surface area contributed by atoms with Gasteiger partial charge < -0.3 is 10.3 Å². The van der Waals surface area contributed by atoms with Gasteiger partial charge in [0, 0.05) is 16.4 Å². The Balaban J connectivity index is 1.90. The molecule has 0 spiro atoms. The van der Waals surface area contributed by atoms with Crippen molar-refractivity contribution in [1.82, 2.24) is 9.55 Å². The van der Waals surface area contributed by atoms with Crippen molar-refractivity contribution >= 4 is 51.5 Å². The number of anilines is 1. The number of aromatic nitrogens is 2. The Bertz CT molecular complexity index is 733. The van der Waals surface area contributed by atoms with E-state index in [1.807, 2.05) is 34.9 Å². The van der Waals surface area contributed by atoms with Crippen molar-refractivity contribution in [3.63, 3.8) is 0 Å². The first-order valence-electron chi connectivity index (χ1n) is 5.79. The maximum Gasteiger partial charge on any atom is 0.201 e. The number of aryl methyl sites for hydroxylation is 2. The smallest absolute Gasteiger partial charge is 0.201 e. The third-order valence-electron chi connectivity index (χ3n) is 2.95. The molecule has 3 rings (SSSR count). The van der Waals surface area contributed by atoms with E-state index < -0.39 is 0 Å². The van der Waals surface area contributed by atoms with Crippen LogP contribution in [0.4, 0.5) is 5.95 Å². The summed E-state index contributed by atoms with van der Waals surface area (Å²) >= 11 is 13.5. The second kappa shape index (κ2) is 5.04. The normalized spacial score (nSPS) is 11.3. The first kappa shape index (κ1) is 12.8. The number of imidazole rings is 1. The third-order valence-corrected chi connectivity index (χ3v) is 4.48. The van der Waals surface area contributed by atoms with Crippen LogP contribution in [0.2, 0.25) is 9.36 Å². The van der Waals surface area contributed by atoms with E-state index in [1.54, 1.807) is 11.3 Å². The Kier molecular flexibility index (Phi) is 3.39. The van der Waals surface area contributed by atoms with Crippen LogP contribution in [0.1, 0.15) is 4.88 Å². The molecule has 0 radical (unpaired) electrons. The SMILES string of the molecule is Nc1nc2cc(Cl)ccc2n1CCc1ccc(Cl)s1. The number of fused-ring (bicyclic) bond motifs is 1. The molecule has 3 aromatic rings. The summed E-state index contributed by atoms with van der Waals surface area (Å²) in [4.78, 5) is 5.56. The van der Waals surface area contributed by atoms with Crippen molar-refractivity contribution in [3.8, 4) is 0 Å². The lowest BCUT2D eigenvalue weighted by Crippen LogP contribution is -2.04. The number of nitrogen functional groups attached to an aromatic ring is 1. The quantitative estimate of drug-likeness (QED) is 0.786. The number of halogens is 2. The molecule has 1 aromatic carbocycles. The van der Waals surface area contributed by atoms with E-state index in [0.29, 0.717) is 11.0 Å². The van der Waals surface area contributed by atoms with Crippen molar-refractivity contribution in [2.24, 2.45) is 0 Å². The van der Waals surface area contributed by atoms with E-state index in [1.165, 1.54) is 4.88 Å². The zero-order valence-corrected chi connectivity index (χ0v) is 12.3. The number of hydrogen-bond acceptors (Lipinski definition) is 3. The lowest BCUT2D eigenvalue weighted by atomic mass is 10.3. The first-order chi connectivity index (χ1) is 9.13. The minimum Gasteiger partial charge on any atom is -0.369 e. The van der Waals surface area contributed by atoms with Crippen LogP contribution in [-0.2, 0) is 13.0 Å². The van der Waals surface area contributed by atoms with Gasteiger partial charge in [0.25, 0.3) is 0 Å². The summed E-state index contributed by atoms with van der Waals surface area (Å²) in [6, 6.07) is 9.58. The number of hydrogen-bond donors (Lipinski definition) is 1. The van der Waals surface area contributed by atoms with Gasteiger partial charge in [-0.3, -0.25) is 0 Å². The lowest BCUT2D eigenvalue weighted by molar-refractivity contribution is 0.733. The van der Waals surface area contributed by atoms with Crippen LogP contribution in [0.3, 0.4) is 0 Å². The van der Waals surface area contributed by atoms with Gasteiger partial charge in [-0.15, -0.1) is 11.3 Å². The van der Waals surface area contributed by atoms with Gasteiger partial charge in [0.2, 0.25) is 5.95 Å². The Morgan fingerprint density at radius 3 is 2.79 bits per heavy atom. The highest BCUT2D eigenvalue weighted by Gasteiger charge is 2.09. The lowest BCUT2D eigenvalue weighted by Gasteiger charge is -2.05. The van der Waals surface area contributed by atoms with E-state index in [4.69, 9.17) is 28.9 Å². The summed E-state index contributed by atoms with van der Waals surface area (Å²) in [7, 11) is 0. The van der Waals surface area contributed by atoms with Crippen molar-refractivity contribution in [3.05, 3.63) is 44.6 Å². The molecule has 0 bridgehead atoms. The number of rotatable bonds is 3. The minimum atomic E-state index is 0.514. The molecular weight excluding hydrogens is 301 g/mol. The largest absolute Gasteiger partial charge is 0.369 e. The molecule has 0 aliphatic rings. The van der Waals surface area contributed by atoms with Crippen molar-refractivity contribution in [1.29, 1.82) is 0 Å².